The van der Waals surface area contributed by atoms with Crippen LogP contribution in [0.2, 0.25) is 0 Å². The smallest absolute Gasteiger partial charge is 0.213 e. The average molecular weight is 353 g/mol. The minimum absolute atomic E-state index is 0.166. The van der Waals surface area contributed by atoms with Gasteiger partial charge in [-0.05, 0) is 43.4 Å². The minimum Gasteiger partial charge on any atom is -0.494 e. The van der Waals surface area contributed by atoms with E-state index in [-0.39, 0.29) is 5.75 Å². The van der Waals surface area contributed by atoms with E-state index in [0.29, 0.717) is 11.5 Å². The highest BCUT2D eigenvalue weighted by atomic mass is 19.1. The van der Waals surface area contributed by atoms with Gasteiger partial charge in [-0.2, -0.15) is 0 Å². The Hall–Kier alpha value is -2.80. The number of benzene rings is 2. The van der Waals surface area contributed by atoms with Gasteiger partial charge < -0.3 is 9.57 Å². The molecule has 0 spiro atoms. The highest BCUT2D eigenvalue weighted by Gasteiger charge is 2.11. The minimum atomic E-state index is -0.508. The molecule has 0 saturated heterocycles. The Bertz CT molecular complexity index is 806. The lowest BCUT2D eigenvalue weighted by molar-refractivity contribution is 0.0981. The van der Waals surface area contributed by atoms with Crippen LogP contribution in [-0.4, -0.2) is 12.8 Å². The number of methoxy groups -OCH3 is 1. The quantitative estimate of drug-likeness (QED) is 0.397. The Kier molecular flexibility index (Phi) is 7.23. The van der Waals surface area contributed by atoms with E-state index in [9.17, 15) is 4.39 Å². The van der Waals surface area contributed by atoms with Crippen molar-refractivity contribution >= 4 is 5.71 Å². The molecule has 0 bridgehead atoms. The monoisotopic (exact) mass is 353 g/mol. The van der Waals surface area contributed by atoms with Crippen LogP contribution in [-0.2, 0) is 4.84 Å². The van der Waals surface area contributed by atoms with Crippen LogP contribution >= 0.6 is 0 Å². The molecule has 0 N–H and O–H groups in total. The largest absolute Gasteiger partial charge is 0.494 e. The topological polar surface area (TPSA) is 30.8 Å². The Labute approximate surface area is 154 Å². The van der Waals surface area contributed by atoms with Gasteiger partial charge in [-0.1, -0.05) is 55.3 Å². The van der Waals surface area contributed by atoms with Crippen molar-refractivity contribution in [3.63, 3.8) is 0 Å². The second-order valence-electron chi connectivity index (χ2n) is 6.06. The fraction of sp³-hybridized carbons (Fsp3) is 0.318. The van der Waals surface area contributed by atoms with Crippen molar-refractivity contribution in [3.8, 4) is 17.6 Å². The zero-order valence-electron chi connectivity index (χ0n) is 15.6. The first-order chi connectivity index (χ1) is 12.5. The number of rotatable bonds is 6. The van der Waals surface area contributed by atoms with E-state index in [2.05, 4.69) is 30.8 Å². The van der Waals surface area contributed by atoms with Crippen molar-refractivity contribution < 1.29 is 14.0 Å². The van der Waals surface area contributed by atoms with E-state index in [1.54, 1.807) is 12.1 Å². The SMILES string of the molecule is CC[C@H](C)/C(C)=N/OC(C#Cc1ccc(F)c(OC)c1)c1ccccc1. The molecule has 2 rings (SSSR count). The molecule has 26 heavy (non-hydrogen) atoms. The van der Waals surface area contributed by atoms with Gasteiger partial charge in [0.05, 0.1) is 12.8 Å². The highest BCUT2D eigenvalue weighted by Crippen LogP contribution is 2.20. The van der Waals surface area contributed by atoms with Gasteiger partial charge in [0.25, 0.3) is 0 Å². The first-order valence-electron chi connectivity index (χ1n) is 8.65. The summed E-state index contributed by atoms with van der Waals surface area (Å²) < 4.78 is 18.5. The van der Waals surface area contributed by atoms with E-state index in [1.807, 2.05) is 37.3 Å². The van der Waals surface area contributed by atoms with E-state index in [0.717, 1.165) is 17.7 Å². The van der Waals surface area contributed by atoms with Gasteiger partial charge in [-0.25, -0.2) is 4.39 Å². The van der Waals surface area contributed by atoms with Crippen LogP contribution in [0.1, 0.15) is 44.4 Å². The molecule has 4 heteroatoms. The molecule has 0 aliphatic carbocycles. The third-order valence-electron chi connectivity index (χ3n) is 4.23. The molecule has 0 aliphatic rings. The first kappa shape index (κ1) is 19.5. The fourth-order valence-electron chi connectivity index (χ4n) is 2.21. The van der Waals surface area contributed by atoms with Crippen LogP contribution in [0.3, 0.4) is 0 Å². The molecule has 0 fully saturated rings. The van der Waals surface area contributed by atoms with E-state index in [4.69, 9.17) is 9.57 Å². The summed E-state index contributed by atoms with van der Waals surface area (Å²) >= 11 is 0. The van der Waals surface area contributed by atoms with Crippen molar-refractivity contribution in [2.24, 2.45) is 11.1 Å². The maximum atomic E-state index is 13.5. The fourth-order valence-corrected chi connectivity index (χ4v) is 2.21. The number of hydrogen-bond donors (Lipinski definition) is 0. The lowest BCUT2D eigenvalue weighted by Gasteiger charge is -2.12. The second-order valence-corrected chi connectivity index (χ2v) is 6.06. The van der Waals surface area contributed by atoms with Crippen LogP contribution in [0.15, 0.2) is 53.7 Å². The van der Waals surface area contributed by atoms with Gasteiger partial charge in [0.15, 0.2) is 11.6 Å². The number of oxime groups is 1. The van der Waals surface area contributed by atoms with E-state index in [1.165, 1.54) is 13.2 Å². The summed E-state index contributed by atoms with van der Waals surface area (Å²) in [6.45, 7) is 6.17. The van der Waals surface area contributed by atoms with E-state index >= 15 is 0 Å². The van der Waals surface area contributed by atoms with Gasteiger partial charge in [-0.15, -0.1) is 0 Å². The third-order valence-corrected chi connectivity index (χ3v) is 4.23. The molecular weight excluding hydrogens is 329 g/mol. The molecule has 2 aromatic rings. The van der Waals surface area contributed by atoms with Gasteiger partial charge in [0.2, 0.25) is 6.10 Å². The standard InChI is InChI=1S/C22H24FNO2/c1-5-16(2)17(3)24-26-21(19-9-7-6-8-10-19)14-12-18-11-13-20(23)22(15-18)25-4/h6-11,13,15-16,21H,5H2,1-4H3/b24-17+/t16-,21?/m0/s1. The maximum absolute atomic E-state index is 13.5. The van der Waals surface area contributed by atoms with Crippen LogP contribution in [0.4, 0.5) is 4.39 Å². The third kappa shape index (κ3) is 5.35. The Morgan fingerprint density at radius 2 is 1.92 bits per heavy atom. The summed E-state index contributed by atoms with van der Waals surface area (Å²) in [5, 5.41) is 4.26. The summed E-state index contributed by atoms with van der Waals surface area (Å²) in [6, 6.07) is 14.2. The summed E-state index contributed by atoms with van der Waals surface area (Å²) in [7, 11) is 1.43. The predicted octanol–water partition coefficient (Wildman–Crippen LogP) is 5.37. The van der Waals surface area contributed by atoms with Crippen molar-refractivity contribution in [2.45, 2.75) is 33.3 Å². The molecule has 1 unspecified atom stereocenters. The van der Waals surface area contributed by atoms with Gasteiger partial charge >= 0.3 is 0 Å². The number of halogens is 1. The van der Waals surface area contributed by atoms with Crippen LogP contribution in [0.25, 0.3) is 0 Å². The van der Waals surface area contributed by atoms with Gasteiger partial charge in [-0.3, -0.25) is 0 Å². The lowest BCUT2D eigenvalue weighted by Crippen LogP contribution is -2.07. The number of nitrogens with zero attached hydrogens (tertiary/aromatic N) is 1. The molecule has 0 aromatic heterocycles. The lowest BCUT2D eigenvalue weighted by atomic mass is 10.1. The molecule has 2 atom stereocenters. The summed E-state index contributed by atoms with van der Waals surface area (Å²) in [5.74, 6) is 6.20. The van der Waals surface area contributed by atoms with Crippen molar-refractivity contribution in [1.29, 1.82) is 0 Å². The Morgan fingerprint density at radius 3 is 2.58 bits per heavy atom. The van der Waals surface area contributed by atoms with Crippen LogP contribution in [0, 0.1) is 23.6 Å². The van der Waals surface area contributed by atoms with Crippen LogP contribution in [0.5, 0.6) is 5.75 Å². The molecule has 0 heterocycles. The summed E-state index contributed by atoms with van der Waals surface area (Å²) in [4.78, 5) is 5.72. The zero-order valence-corrected chi connectivity index (χ0v) is 15.6. The first-order valence-corrected chi connectivity index (χ1v) is 8.65. The van der Waals surface area contributed by atoms with Gasteiger partial charge in [0, 0.05) is 11.1 Å². The molecule has 3 nitrogen and oxygen atoms in total. The number of ether oxygens (including phenoxy) is 1. The molecule has 136 valence electrons. The summed E-state index contributed by atoms with van der Waals surface area (Å²) in [5.41, 5.74) is 2.49. The Morgan fingerprint density at radius 1 is 1.19 bits per heavy atom. The molecule has 0 aliphatic heterocycles. The molecule has 0 amide bonds. The van der Waals surface area contributed by atoms with Gasteiger partial charge in [0.1, 0.15) is 0 Å². The normalized spacial score (nSPS) is 13.3. The number of hydrogen-bond acceptors (Lipinski definition) is 3. The predicted molar refractivity (Wildman–Crippen MR) is 103 cm³/mol. The Balaban J connectivity index is 2.28. The van der Waals surface area contributed by atoms with Crippen LogP contribution < -0.4 is 4.74 Å². The van der Waals surface area contributed by atoms with E-state index < -0.39 is 11.9 Å². The molecular formula is C22H24FNO2. The molecule has 2 aromatic carbocycles. The highest BCUT2D eigenvalue weighted by molar-refractivity contribution is 5.83. The molecule has 0 radical (unpaired) electrons. The maximum Gasteiger partial charge on any atom is 0.213 e. The van der Waals surface area contributed by atoms with Crippen molar-refractivity contribution in [3.05, 3.63) is 65.5 Å². The molecule has 0 saturated carbocycles. The average Bonchev–Trinajstić information content (AvgIpc) is 2.68. The second kappa shape index (κ2) is 9.62. The van der Waals surface area contributed by atoms with Crippen molar-refractivity contribution in [2.75, 3.05) is 7.11 Å². The summed E-state index contributed by atoms with van der Waals surface area (Å²) in [6.07, 6.45) is 0.488. The zero-order chi connectivity index (χ0) is 18.9. The van der Waals surface area contributed by atoms with Crippen molar-refractivity contribution in [1.82, 2.24) is 0 Å².